The summed E-state index contributed by atoms with van der Waals surface area (Å²) in [4.78, 5) is 7.72. The van der Waals surface area contributed by atoms with E-state index in [0.29, 0.717) is 0 Å². The predicted molar refractivity (Wildman–Crippen MR) is 307 cm³/mol. The van der Waals surface area contributed by atoms with E-state index in [0.717, 1.165) is 22.7 Å². The zero-order valence-electron chi connectivity index (χ0n) is 41.9. The van der Waals surface area contributed by atoms with Crippen LogP contribution in [0.2, 0.25) is 0 Å². The Bertz CT molecular complexity index is 3670. The molecular formula is C68H56BN3. The third kappa shape index (κ3) is 6.88. The molecule has 0 amide bonds. The van der Waals surface area contributed by atoms with Gasteiger partial charge in [0.2, 0.25) is 0 Å². The third-order valence-corrected chi connectivity index (χ3v) is 15.7. The molecule has 0 aromatic heterocycles. The van der Waals surface area contributed by atoms with Crippen LogP contribution in [0, 0.1) is 6.92 Å². The second kappa shape index (κ2) is 16.6. The van der Waals surface area contributed by atoms with E-state index < -0.39 is 0 Å². The zero-order chi connectivity index (χ0) is 48.9. The minimum atomic E-state index is -0.266. The Morgan fingerprint density at radius 2 is 1.01 bits per heavy atom. The van der Waals surface area contributed by atoms with E-state index in [1.165, 1.54) is 100 Å². The molecule has 0 bridgehead atoms. The van der Waals surface area contributed by atoms with E-state index in [1.54, 1.807) is 0 Å². The molecule has 0 unspecified atom stereocenters. The number of nitrogens with zero attached hydrogens (tertiary/aromatic N) is 3. The number of para-hydroxylation sites is 2. The lowest BCUT2D eigenvalue weighted by Crippen LogP contribution is -2.61. The summed E-state index contributed by atoms with van der Waals surface area (Å²) < 4.78 is 0. The Morgan fingerprint density at radius 3 is 1.65 bits per heavy atom. The van der Waals surface area contributed by atoms with Gasteiger partial charge in [0.15, 0.2) is 0 Å². The summed E-state index contributed by atoms with van der Waals surface area (Å²) in [7, 11) is 0. The minimum Gasteiger partial charge on any atom is -0.376 e. The van der Waals surface area contributed by atoms with Gasteiger partial charge in [-0.1, -0.05) is 192 Å². The maximum atomic E-state index is 2.67. The molecule has 0 saturated heterocycles. The van der Waals surface area contributed by atoms with Crippen LogP contribution in [0.25, 0.3) is 44.5 Å². The molecule has 10 aromatic carbocycles. The zero-order valence-corrected chi connectivity index (χ0v) is 41.9. The van der Waals surface area contributed by atoms with Crippen LogP contribution in [0.15, 0.2) is 231 Å². The second-order valence-corrected chi connectivity index (χ2v) is 21.4. The summed E-state index contributed by atoms with van der Waals surface area (Å²) in [6.45, 7) is 14.0. The first kappa shape index (κ1) is 43.7. The van der Waals surface area contributed by atoms with Gasteiger partial charge in [-0.05, 0) is 152 Å². The normalized spacial score (nSPS) is 13.7. The van der Waals surface area contributed by atoms with Crippen LogP contribution in [-0.4, -0.2) is 6.85 Å². The lowest BCUT2D eigenvalue weighted by atomic mass is 9.43. The molecular weight excluding hydrogens is 870 g/mol. The number of hydrogen-bond acceptors (Lipinski definition) is 3. The largest absolute Gasteiger partial charge is 0.376 e. The van der Waals surface area contributed by atoms with Gasteiger partial charge in [0.25, 0.3) is 0 Å². The minimum absolute atomic E-state index is 0.00382. The highest BCUT2D eigenvalue weighted by Crippen LogP contribution is 2.58. The Labute approximate surface area is 425 Å². The summed E-state index contributed by atoms with van der Waals surface area (Å²) in [5.74, 6) is 0. The van der Waals surface area contributed by atoms with Gasteiger partial charge in [-0.3, -0.25) is 0 Å². The van der Waals surface area contributed by atoms with Crippen LogP contribution < -0.4 is 25.5 Å². The average Bonchev–Trinajstić information content (AvgIpc) is 3.64. The molecule has 10 aromatic rings. The summed E-state index contributed by atoms with van der Waals surface area (Å²) >= 11 is 0. The van der Waals surface area contributed by atoms with Crippen molar-refractivity contribution in [3.8, 4) is 44.5 Å². The quantitative estimate of drug-likeness (QED) is 0.148. The lowest BCUT2D eigenvalue weighted by molar-refractivity contribution is 0.590. The van der Waals surface area contributed by atoms with Crippen molar-refractivity contribution in [2.24, 2.45) is 0 Å². The van der Waals surface area contributed by atoms with Crippen molar-refractivity contribution in [1.82, 2.24) is 0 Å². The second-order valence-electron chi connectivity index (χ2n) is 21.4. The lowest BCUT2D eigenvalue weighted by Gasteiger charge is -2.47. The van der Waals surface area contributed by atoms with Gasteiger partial charge in [0, 0.05) is 56.4 Å². The van der Waals surface area contributed by atoms with Crippen LogP contribution in [0.3, 0.4) is 0 Å². The number of hydrogen-bond donors (Lipinski definition) is 0. The molecule has 1 aliphatic carbocycles. The number of fused-ring (bicyclic) bond motifs is 8. The Hall–Kier alpha value is -8.34. The van der Waals surface area contributed by atoms with E-state index in [4.69, 9.17) is 0 Å². The molecule has 0 N–H and O–H groups in total. The molecule has 0 radical (unpaired) electrons. The van der Waals surface area contributed by atoms with Crippen molar-refractivity contribution in [1.29, 1.82) is 0 Å². The molecule has 346 valence electrons. The molecule has 0 spiro atoms. The van der Waals surface area contributed by atoms with Crippen LogP contribution >= 0.6 is 0 Å². The maximum Gasteiger partial charge on any atom is 0.333 e. The fraction of sp³-hybridized carbons (Fsp3) is 0.118. The molecule has 3 nitrogen and oxygen atoms in total. The van der Waals surface area contributed by atoms with Gasteiger partial charge in [0.05, 0.1) is 5.69 Å². The molecule has 2 heterocycles. The van der Waals surface area contributed by atoms with E-state index in [9.17, 15) is 0 Å². The Morgan fingerprint density at radius 1 is 0.444 bits per heavy atom. The van der Waals surface area contributed by atoms with Gasteiger partial charge >= 0.3 is 6.85 Å². The fourth-order valence-electron chi connectivity index (χ4n) is 12.1. The highest BCUT2D eigenvalue weighted by Gasteiger charge is 2.50. The van der Waals surface area contributed by atoms with Crippen LogP contribution in [0.1, 0.15) is 56.9 Å². The molecule has 0 atom stereocenters. The first-order chi connectivity index (χ1) is 35.0. The van der Waals surface area contributed by atoms with Crippen molar-refractivity contribution in [2.45, 2.75) is 52.4 Å². The van der Waals surface area contributed by atoms with Crippen molar-refractivity contribution in [2.75, 3.05) is 14.6 Å². The third-order valence-electron chi connectivity index (χ3n) is 15.7. The Kier molecular flexibility index (Phi) is 10.1. The molecule has 0 fully saturated rings. The average molecular weight is 926 g/mol. The number of benzene rings is 10. The highest BCUT2D eigenvalue weighted by molar-refractivity contribution is 6.93. The van der Waals surface area contributed by atoms with Crippen molar-refractivity contribution in [3.63, 3.8) is 0 Å². The molecule has 13 rings (SSSR count). The van der Waals surface area contributed by atoms with Gasteiger partial charge < -0.3 is 14.6 Å². The first-order valence-corrected chi connectivity index (χ1v) is 25.5. The molecule has 2 aliphatic heterocycles. The molecule has 0 saturated carbocycles. The van der Waals surface area contributed by atoms with Gasteiger partial charge in [-0.25, -0.2) is 0 Å². The summed E-state index contributed by atoms with van der Waals surface area (Å²) in [6.07, 6.45) is 0. The van der Waals surface area contributed by atoms with Gasteiger partial charge in [0.1, 0.15) is 0 Å². The van der Waals surface area contributed by atoms with E-state index in [1.807, 2.05) is 0 Å². The summed E-state index contributed by atoms with van der Waals surface area (Å²) in [6, 6.07) is 86.0. The number of anilines is 8. The van der Waals surface area contributed by atoms with Crippen LogP contribution in [0.5, 0.6) is 0 Å². The SMILES string of the molecule is Cc1cc(C(C)(C)C)ccc1N1c2cc(-c3ccccc3)ccc2B2c3c(cc4c(c31)-c1ccccc1C4(C)C)-c1cc(N(c3ccccc3)c3ccccc3)ccc1N2c1ccc(-c2ccccc2)cc1. The summed E-state index contributed by atoms with van der Waals surface area (Å²) in [5, 5.41) is 0. The highest BCUT2D eigenvalue weighted by atomic mass is 15.2. The van der Waals surface area contributed by atoms with E-state index >= 15 is 0 Å². The van der Waals surface area contributed by atoms with Crippen molar-refractivity contribution >= 4 is 63.3 Å². The molecule has 4 heteroatoms. The van der Waals surface area contributed by atoms with Crippen molar-refractivity contribution < 1.29 is 0 Å². The first-order valence-electron chi connectivity index (χ1n) is 25.5. The van der Waals surface area contributed by atoms with Crippen LogP contribution in [0.4, 0.5) is 45.5 Å². The topological polar surface area (TPSA) is 9.72 Å². The van der Waals surface area contributed by atoms with Crippen LogP contribution in [-0.2, 0) is 10.8 Å². The maximum absolute atomic E-state index is 2.67. The molecule has 3 aliphatic rings. The fourth-order valence-corrected chi connectivity index (χ4v) is 12.1. The standard InChI is InChI=1S/C68H56BN3/c1-45-41-50(67(2,3)4)34-39-61(45)71-63-42-49(47-23-13-8-14-24-47)33-38-60(63)69-65-57(44-59-64(66(65)71)55-29-19-20-30-58(55)68(59,5)6)56-43-54(70(51-25-15-9-16-26-51)52-27-17-10-18-28-52)37-40-62(56)72(69)53-35-31-48(32-36-53)46-21-11-7-12-22-46/h7-44H,1-6H3. The number of aryl methyl sites for hydroxylation is 1. The number of rotatable bonds is 7. The van der Waals surface area contributed by atoms with E-state index in [-0.39, 0.29) is 17.7 Å². The smallest absolute Gasteiger partial charge is 0.333 e. The monoisotopic (exact) mass is 925 g/mol. The van der Waals surface area contributed by atoms with Crippen molar-refractivity contribution in [3.05, 3.63) is 253 Å². The predicted octanol–water partition coefficient (Wildman–Crippen LogP) is 17.1. The van der Waals surface area contributed by atoms with E-state index in [2.05, 4.69) is 287 Å². The Balaban J connectivity index is 1.16. The molecule has 72 heavy (non-hydrogen) atoms. The summed E-state index contributed by atoms with van der Waals surface area (Å²) in [5.41, 5.74) is 26.9. The van der Waals surface area contributed by atoms with Gasteiger partial charge in [-0.15, -0.1) is 0 Å². The van der Waals surface area contributed by atoms with Gasteiger partial charge in [-0.2, -0.15) is 0 Å².